The number of ether oxygens (including phenoxy) is 1. The first-order chi connectivity index (χ1) is 13.5. The molecule has 0 unspecified atom stereocenters. The van der Waals surface area contributed by atoms with E-state index in [9.17, 15) is 4.79 Å². The highest BCUT2D eigenvalue weighted by Gasteiger charge is 2.16. The normalized spacial score (nSPS) is 11.1. The van der Waals surface area contributed by atoms with Crippen molar-refractivity contribution in [1.29, 1.82) is 0 Å². The number of fused-ring (bicyclic) bond motifs is 1. The number of methoxy groups -OCH3 is 1. The van der Waals surface area contributed by atoms with Crippen LogP contribution in [0, 0.1) is 13.8 Å². The molecule has 0 N–H and O–H groups in total. The molecule has 5 nitrogen and oxygen atoms in total. The topological polar surface area (TPSA) is 65.2 Å². The van der Waals surface area contributed by atoms with Crippen LogP contribution in [-0.2, 0) is 10.5 Å². The lowest BCUT2D eigenvalue weighted by Crippen LogP contribution is -1.98. The number of rotatable bonds is 5. The second-order valence-corrected chi connectivity index (χ2v) is 8.14. The van der Waals surface area contributed by atoms with Crippen LogP contribution in [0.25, 0.3) is 21.3 Å². The van der Waals surface area contributed by atoms with Crippen molar-refractivity contribution < 1.29 is 13.9 Å². The van der Waals surface area contributed by atoms with Crippen molar-refractivity contribution in [1.82, 2.24) is 9.97 Å². The van der Waals surface area contributed by atoms with Gasteiger partial charge < -0.3 is 9.15 Å². The summed E-state index contributed by atoms with van der Waals surface area (Å²) in [5.74, 6) is 1.73. The molecule has 0 aliphatic rings. The van der Waals surface area contributed by atoms with Crippen molar-refractivity contribution in [3.8, 4) is 11.1 Å². The highest BCUT2D eigenvalue weighted by Crippen LogP contribution is 2.39. The van der Waals surface area contributed by atoms with E-state index >= 15 is 0 Å². The van der Waals surface area contributed by atoms with Gasteiger partial charge in [0, 0.05) is 10.9 Å². The molecule has 0 spiro atoms. The standard InChI is InChI=1S/C21H18N2O3S2/c1-12-4-6-14(7-5-12)16-11-28-20-18(16)19(22-13(2)23-20)27-10-15-8-9-17(26-15)21(24)25-3/h4-9,11H,10H2,1-3H3. The quantitative estimate of drug-likeness (QED) is 0.241. The second-order valence-electron chi connectivity index (χ2n) is 6.32. The van der Waals surface area contributed by atoms with E-state index in [-0.39, 0.29) is 5.76 Å². The molecule has 0 fully saturated rings. The van der Waals surface area contributed by atoms with Crippen LogP contribution in [0.5, 0.6) is 0 Å². The average molecular weight is 411 g/mol. The minimum atomic E-state index is -0.476. The fraction of sp³-hybridized carbons (Fsp3) is 0.190. The molecule has 1 aromatic carbocycles. The lowest BCUT2D eigenvalue weighted by atomic mass is 10.1. The van der Waals surface area contributed by atoms with Gasteiger partial charge in [-0.05, 0) is 31.5 Å². The highest BCUT2D eigenvalue weighted by atomic mass is 32.2. The molecule has 3 heterocycles. The molecule has 4 aromatic rings. The maximum atomic E-state index is 11.6. The van der Waals surface area contributed by atoms with E-state index in [0.29, 0.717) is 11.5 Å². The number of hydrogen-bond acceptors (Lipinski definition) is 7. The van der Waals surface area contributed by atoms with E-state index in [2.05, 4.69) is 51.3 Å². The predicted molar refractivity (Wildman–Crippen MR) is 112 cm³/mol. The van der Waals surface area contributed by atoms with Gasteiger partial charge in [0.1, 0.15) is 21.4 Å². The van der Waals surface area contributed by atoms with Crippen LogP contribution in [0.3, 0.4) is 0 Å². The number of thiophene rings is 1. The van der Waals surface area contributed by atoms with E-state index in [0.717, 1.165) is 32.2 Å². The van der Waals surface area contributed by atoms with Gasteiger partial charge in [-0.1, -0.05) is 41.6 Å². The Morgan fingerprint density at radius 3 is 2.68 bits per heavy atom. The van der Waals surface area contributed by atoms with Crippen molar-refractivity contribution in [3.63, 3.8) is 0 Å². The number of esters is 1. The third-order valence-corrected chi connectivity index (χ3v) is 6.14. The van der Waals surface area contributed by atoms with Gasteiger partial charge >= 0.3 is 5.97 Å². The van der Waals surface area contributed by atoms with Crippen molar-refractivity contribution in [2.75, 3.05) is 7.11 Å². The van der Waals surface area contributed by atoms with Gasteiger partial charge in [-0.3, -0.25) is 0 Å². The molecule has 0 atom stereocenters. The SMILES string of the molecule is COC(=O)c1ccc(CSc2nc(C)nc3scc(-c4ccc(C)cc4)c23)o1. The van der Waals surface area contributed by atoms with Crippen LogP contribution >= 0.6 is 23.1 Å². The Balaban J connectivity index is 1.68. The molecule has 0 bridgehead atoms. The third kappa shape index (κ3) is 3.68. The number of carbonyl (C=O) groups is 1. The fourth-order valence-corrected chi connectivity index (χ4v) is 4.91. The molecular weight excluding hydrogens is 392 g/mol. The number of hydrogen-bond donors (Lipinski definition) is 0. The number of carbonyl (C=O) groups excluding carboxylic acids is 1. The first-order valence-electron chi connectivity index (χ1n) is 8.68. The minimum Gasteiger partial charge on any atom is -0.463 e. The van der Waals surface area contributed by atoms with Crippen LogP contribution < -0.4 is 0 Å². The van der Waals surface area contributed by atoms with Crippen molar-refractivity contribution >= 4 is 39.3 Å². The third-order valence-electron chi connectivity index (χ3n) is 4.27. The largest absolute Gasteiger partial charge is 0.463 e. The lowest BCUT2D eigenvalue weighted by molar-refractivity contribution is 0.0563. The number of aromatic nitrogens is 2. The molecule has 0 aliphatic heterocycles. The Bertz CT molecular complexity index is 1150. The van der Waals surface area contributed by atoms with Crippen LogP contribution in [0.1, 0.15) is 27.7 Å². The van der Waals surface area contributed by atoms with Crippen LogP contribution in [-0.4, -0.2) is 23.0 Å². The number of aryl methyl sites for hydroxylation is 2. The van der Waals surface area contributed by atoms with E-state index in [1.165, 1.54) is 12.7 Å². The molecule has 142 valence electrons. The smallest absolute Gasteiger partial charge is 0.373 e. The van der Waals surface area contributed by atoms with E-state index in [1.54, 1.807) is 35.2 Å². The summed E-state index contributed by atoms with van der Waals surface area (Å²) in [4.78, 5) is 21.8. The number of furan rings is 1. The van der Waals surface area contributed by atoms with Gasteiger partial charge in [-0.2, -0.15) is 0 Å². The summed E-state index contributed by atoms with van der Waals surface area (Å²) in [6, 6.07) is 11.9. The molecule has 0 saturated carbocycles. The zero-order valence-electron chi connectivity index (χ0n) is 15.7. The zero-order valence-corrected chi connectivity index (χ0v) is 17.3. The fourth-order valence-electron chi connectivity index (χ4n) is 2.87. The Labute approximate surface area is 170 Å². The summed E-state index contributed by atoms with van der Waals surface area (Å²) in [5, 5.41) is 4.11. The Kier molecular flexibility index (Phi) is 5.19. The Morgan fingerprint density at radius 1 is 1.14 bits per heavy atom. The van der Waals surface area contributed by atoms with Gasteiger partial charge in [-0.15, -0.1) is 11.3 Å². The maximum absolute atomic E-state index is 11.6. The summed E-state index contributed by atoms with van der Waals surface area (Å²) in [7, 11) is 1.34. The molecule has 4 rings (SSSR count). The molecule has 0 radical (unpaired) electrons. The van der Waals surface area contributed by atoms with Gasteiger partial charge in [0.2, 0.25) is 5.76 Å². The van der Waals surface area contributed by atoms with E-state index < -0.39 is 5.97 Å². The van der Waals surface area contributed by atoms with E-state index in [1.807, 2.05) is 6.92 Å². The molecule has 7 heteroatoms. The Hall–Kier alpha value is -2.64. The highest BCUT2D eigenvalue weighted by molar-refractivity contribution is 7.98. The van der Waals surface area contributed by atoms with Gasteiger partial charge in [0.15, 0.2) is 0 Å². The zero-order chi connectivity index (χ0) is 19.7. The van der Waals surface area contributed by atoms with Crippen molar-refractivity contribution in [2.45, 2.75) is 24.6 Å². The summed E-state index contributed by atoms with van der Waals surface area (Å²) >= 11 is 3.20. The first kappa shape index (κ1) is 18.7. The summed E-state index contributed by atoms with van der Waals surface area (Å²) in [5.41, 5.74) is 3.51. The van der Waals surface area contributed by atoms with Crippen LogP contribution in [0.15, 0.2) is 51.2 Å². The average Bonchev–Trinajstić information content (AvgIpc) is 3.33. The molecule has 3 aromatic heterocycles. The summed E-state index contributed by atoms with van der Waals surface area (Å²) < 4.78 is 10.3. The molecule has 28 heavy (non-hydrogen) atoms. The maximum Gasteiger partial charge on any atom is 0.373 e. The lowest BCUT2D eigenvalue weighted by Gasteiger charge is -2.06. The number of thioether (sulfide) groups is 1. The monoisotopic (exact) mass is 410 g/mol. The van der Waals surface area contributed by atoms with E-state index in [4.69, 9.17) is 4.42 Å². The number of nitrogens with zero attached hydrogens (tertiary/aromatic N) is 2. The van der Waals surface area contributed by atoms with Gasteiger partial charge in [0.25, 0.3) is 0 Å². The minimum absolute atomic E-state index is 0.206. The number of benzene rings is 1. The van der Waals surface area contributed by atoms with Gasteiger partial charge in [-0.25, -0.2) is 14.8 Å². The molecule has 0 aliphatic carbocycles. The molecule has 0 amide bonds. The molecule has 0 saturated heterocycles. The van der Waals surface area contributed by atoms with Crippen molar-refractivity contribution in [2.24, 2.45) is 0 Å². The Morgan fingerprint density at radius 2 is 1.93 bits per heavy atom. The summed E-state index contributed by atoms with van der Waals surface area (Å²) in [6.07, 6.45) is 0. The van der Waals surface area contributed by atoms with Crippen molar-refractivity contribution in [3.05, 3.63) is 64.7 Å². The second kappa shape index (κ2) is 7.77. The van der Waals surface area contributed by atoms with Crippen LogP contribution in [0.4, 0.5) is 0 Å². The predicted octanol–water partition coefficient (Wildman–Crippen LogP) is 5.65. The van der Waals surface area contributed by atoms with Gasteiger partial charge in [0.05, 0.1) is 18.2 Å². The first-order valence-corrected chi connectivity index (χ1v) is 10.5. The molecular formula is C21H18N2O3S2. The van der Waals surface area contributed by atoms with Crippen LogP contribution in [0.2, 0.25) is 0 Å². The summed E-state index contributed by atoms with van der Waals surface area (Å²) in [6.45, 7) is 3.98.